The van der Waals surface area contributed by atoms with Gasteiger partial charge in [-0.1, -0.05) is 18.2 Å². The molecule has 4 fully saturated rings. The van der Waals surface area contributed by atoms with Gasteiger partial charge in [-0.15, -0.1) is 0 Å². The van der Waals surface area contributed by atoms with Crippen LogP contribution in [-0.2, 0) is 0 Å². The van der Waals surface area contributed by atoms with Gasteiger partial charge in [0.25, 0.3) is 11.6 Å². The van der Waals surface area contributed by atoms with E-state index < -0.39 is 4.92 Å². The van der Waals surface area contributed by atoms with Gasteiger partial charge in [-0.2, -0.15) is 0 Å². The van der Waals surface area contributed by atoms with Crippen molar-refractivity contribution >= 4 is 28.2 Å². The number of amides is 1. The minimum absolute atomic E-state index is 0.00370. The van der Waals surface area contributed by atoms with Gasteiger partial charge in [-0.05, 0) is 91.5 Å². The van der Waals surface area contributed by atoms with Gasteiger partial charge in [0.2, 0.25) is 0 Å². The van der Waals surface area contributed by atoms with Gasteiger partial charge in [-0.25, -0.2) is 4.98 Å². The number of hydrogen-bond donors (Lipinski definition) is 1. The van der Waals surface area contributed by atoms with Crippen LogP contribution in [0.5, 0.6) is 0 Å². The Labute approximate surface area is 186 Å². The number of nitrogens with one attached hydrogen (secondary N) is 1. The first-order valence-corrected chi connectivity index (χ1v) is 11.5. The second-order valence-electron chi connectivity index (χ2n) is 9.83. The second kappa shape index (κ2) is 7.40. The van der Waals surface area contributed by atoms with Crippen LogP contribution in [-0.4, -0.2) is 15.8 Å². The Morgan fingerprint density at radius 1 is 0.938 bits per heavy atom. The van der Waals surface area contributed by atoms with Gasteiger partial charge in [0.1, 0.15) is 5.69 Å². The lowest BCUT2D eigenvalue weighted by molar-refractivity contribution is -0.384. The van der Waals surface area contributed by atoms with E-state index in [-0.39, 0.29) is 11.6 Å². The third-order valence-electron chi connectivity index (χ3n) is 7.90. The SMILES string of the molecule is O=C(Nc1ccc([N+](=O)[O-])cc1)c1cc(C2C3CC4CC(C3)CC2C4)c2ccccc2n1. The summed E-state index contributed by atoms with van der Waals surface area (Å²) in [6, 6.07) is 16.0. The first-order chi connectivity index (χ1) is 15.5. The van der Waals surface area contributed by atoms with E-state index in [9.17, 15) is 14.9 Å². The maximum Gasteiger partial charge on any atom is 0.274 e. The third kappa shape index (κ3) is 3.25. The number of rotatable bonds is 4. The zero-order valence-electron chi connectivity index (χ0n) is 17.7. The number of fused-ring (bicyclic) bond motifs is 1. The molecule has 2 aromatic carbocycles. The molecule has 0 aliphatic heterocycles. The summed E-state index contributed by atoms with van der Waals surface area (Å²) in [5.41, 5.74) is 3.06. The molecule has 3 aromatic rings. The molecular weight excluding hydrogens is 402 g/mol. The fourth-order valence-corrected chi connectivity index (χ4v) is 6.89. The van der Waals surface area contributed by atoms with Gasteiger partial charge in [0, 0.05) is 23.2 Å². The van der Waals surface area contributed by atoms with E-state index in [1.54, 1.807) is 12.1 Å². The van der Waals surface area contributed by atoms with E-state index in [4.69, 9.17) is 0 Å². The summed E-state index contributed by atoms with van der Waals surface area (Å²) in [4.78, 5) is 28.2. The Balaban J connectivity index is 1.36. The molecule has 4 aliphatic rings. The maximum atomic E-state index is 13.1. The normalized spacial score (nSPS) is 28.1. The molecule has 6 nitrogen and oxygen atoms in total. The number of para-hydroxylation sites is 1. The van der Waals surface area contributed by atoms with Crippen molar-refractivity contribution in [3.63, 3.8) is 0 Å². The summed E-state index contributed by atoms with van der Waals surface area (Å²) in [6.07, 6.45) is 6.69. The second-order valence-corrected chi connectivity index (χ2v) is 9.83. The van der Waals surface area contributed by atoms with Gasteiger partial charge < -0.3 is 5.32 Å². The highest BCUT2D eigenvalue weighted by Crippen LogP contribution is 2.60. The molecule has 32 heavy (non-hydrogen) atoms. The van der Waals surface area contributed by atoms with Crippen LogP contribution in [0.4, 0.5) is 11.4 Å². The predicted molar refractivity (Wildman–Crippen MR) is 123 cm³/mol. The predicted octanol–water partition coefficient (Wildman–Crippen LogP) is 5.94. The molecule has 0 saturated heterocycles. The van der Waals surface area contributed by atoms with Crippen LogP contribution in [0, 0.1) is 33.8 Å². The topological polar surface area (TPSA) is 85.1 Å². The van der Waals surface area contributed by atoms with Crippen molar-refractivity contribution in [1.82, 2.24) is 4.98 Å². The molecule has 1 amide bonds. The number of nitrogens with zero attached hydrogens (tertiary/aromatic N) is 2. The highest BCUT2D eigenvalue weighted by Gasteiger charge is 2.49. The van der Waals surface area contributed by atoms with Gasteiger partial charge in [-0.3, -0.25) is 14.9 Å². The average Bonchev–Trinajstić information content (AvgIpc) is 2.78. The Kier molecular flexibility index (Phi) is 4.49. The summed E-state index contributed by atoms with van der Waals surface area (Å²) in [5.74, 6) is 3.43. The summed E-state index contributed by atoms with van der Waals surface area (Å²) >= 11 is 0. The maximum absolute atomic E-state index is 13.1. The van der Waals surface area contributed by atoms with Crippen LogP contribution >= 0.6 is 0 Å². The molecule has 1 aromatic heterocycles. The molecule has 0 spiro atoms. The number of carbonyl (C=O) groups is 1. The molecule has 0 unspecified atom stereocenters. The standard InChI is InChI=1S/C26H25N3O3/c30-26(27-19-5-7-20(8-6-19)29(31)32)24-14-22(21-3-1-2-4-23(21)28-24)25-17-10-15-9-16(12-17)13-18(25)11-15/h1-8,14-18,25H,9-13H2,(H,27,30). The minimum atomic E-state index is -0.451. The number of nitro groups is 1. The number of carbonyl (C=O) groups excluding carboxylic acids is 1. The first kappa shape index (κ1) is 19.4. The number of anilines is 1. The number of benzene rings is 2. The van der Waals surface area contributed by atoms with Crippen molar-refractivity contribution in [3.8, 4) is 0 Å². The fourth-order valence-electron chi connectivity index (χ4n) is 6.89. The summed E-state index contributed by atoms with van der Waals surface area (Å²) in [7, 11) is 0. The van der Waals surface area contributed by atoms with Crippen molar-refractivity contribution in [2.45, 2.75) is 38.0 Å². The molecular formula is C26H25N3O3. The lowest BCUT2D eigenvalue weighted by Crippen LogP contribution is -2.43. The van der Waals surface area contributed by atoms with Crippen molar-refractivity contribution in [1.29, 1.82) is 0 Å². The fraction of sp³-hybridized carbons (Fsp3) is 0.385. The average molecular weight is 428 g/mol. The number of hydrogen-bond acceptors (Lipinski definition) is 4. The van der Waals surface area contributed by atoms with E-state index in [2.05, 4.69) is 22.4 Å². The van der Waals surface area contributed by atoms with Crippen molar-refractivity contribution in [3.05, 3.63) is 76.0 Å². The van der Waals surface area contributed by atoms with E-state index in [1.807, 2.05) is 18.2 Å². The van der Waals surface area contributed by atoms with Crippen molar-refractivity contribution in [2.24, 2.45) is 23.7 Å². The summed E-state index contributed by atoms with van der Waals surface area (Å²) in [6.45, 7) is 0. The van der Waals surface area contributed by atoms with Crippen LogP contribution in [0.1, 0.15) is 54.1 Å². The van der Waals surface area contributed by atoms with Gasteiger partial charge in [0.05, 0.1) is 10.4 Å². The summed E-state index contributed by atoms with van der Waals surface area (Å²) < 4.78 is 0. The first-order valence-electron chi connectivity index (χ1n) is 11.5. The number of pyridine rings is 1. The molecule has 1 N–H and O–H groups in total. The van der Waals surface area contributed by atoms with Gasteiger partial charge >= 0.3 is 0 Å². The van der Waals surface area contributed by atoms with Crippen LogP contribution in [0.2, 0.25) is 0 Å². The Bertz CT molecular complexity index is 1190. The zero-order chi connectivity index (χ0) is 21.8. The molecule has 7 rings (SSSR count). The molecule has 6 heteroatoms. The largest absolute Gasteiger partial charge is 0.321 e. The minimum Gasteiger partial charge on any atom is -0.321 e. The quantitative estimate of drug-likeness (QED) is 0.413. The molecule has 0 atom stereocenters. The lowest BCUT2D eigenvalue weighted by atomic mass is 9.50. The van der Waals surface area contributed by atoms with E-state index in [0.29, 0.717) is 29.1 Å². The smallest absolute Gasteiger partial charge is 0.274 e. The van der Waals surface area contributed by atoms with Crippen molar-refractivity contribution < 1.29 is 9.72 Å². The number of non-ortho nitro benzene ring substituents is 1. The van der Waals surface area contributed by atoms with Crippen LogP contribution < -0.4 is 5.32 Å². The van der Waals surface area contributed by atoms with Crippen LogP contribution in [0.15, 0.2) is 54.6 Å². The zero-order valence-corrected chi connectivity index (χ0v) is 17.7. The monoisotopic (exact) mass is 427 g/mol. The Hall–Kier alpha value is -3.28. The van der Waals surface area contributed by atoms with E-state index in [1.165, 1.54) is 49.8 Å². The Morgan fingerprint density at radius 2 is 1.59 bits per heavy atom. The lowest BCUT2D eigenvalue weighted by Gasteiger charge is -2.54. The third-order valence-corrected chi connectivity index (χ3v) is 7.90. The van der Waals surface area contributed by atoms with E-state index >= 15 is 0 Å². The summed E-state index contributed by atoms with van der Waals surface area (Å²) in [5, 5.41) is 14.9. The molecule has 162 valence electrons. The van der Waals surface area contributed by atoms with Crippen molar-refractivity contribution in [2.75, 3.05) is 5.32 Å². The van der Waals surface area contributed by atoms with Crippen LogP contribution in [0.3, 0.4) is 0 Å². The molecule has 4 bridgehead atoms. The number of aromatic nitrogens is 1. The molecule has 4 aliphatic carbocycles. The number of nitro benzene ring substituents is 1. The molecule has 0 radical (unpaired) electrons. The molecule has 4 saturated carbocycles. The highest BCUT2D eigenvalue weighted by molar-refractivity contribution is 6.04. The highest BCUT2D eigenvalue weighted by atomic mass is 16.6. The Morgan fingerprint density at radius 3 is 2.25 bits per heavy atom. The van der Waals surface area contributed by atoms with E-state index in [0.717, 1.165) is 22.7 Å². The molecule has 1 heterocycles. The van der Waals surface area contributed by atoms with Gasteiger partial charge in [0.15, 0.2) is 0 Å². The van der Waals surface area contributed by atoms with Crippen LogP contribution in [0.25, 0.3) is 10.9 Å².